The molecule has 3 rings (SSSR count). The molecule has 0 aromatic carbocycles. The lowest BCUT2D eigenvalue weighted by Crippen LogP contribution is -2.71. The van der Waals surface area contributed by atoms with Gasteiger partial charge in [0.1, 0.15) is 29.8 Å². The molecule has 3 atom stereocenters. The van der Waals surface area contributed by atoms with Gasteiger partial charge in [0.15, 0.2) is 0 Å². The second kappa shape index (κ2) is 9.90. The highest BCUT2D eigenvalue weighted by molar-refractivity contribution is 8.00. The minimum absolute atomic E-state index is 0.0858. The van der Waals surface area contributed by atoms with Gasteiger partial charge in [0.05, 0.1) is 0 Å². The van der Waals surface area contributed by atoms with Crippen LogP contribution in [0, 0.1) is 0 Å². The van der Waals surface area contributed by atoms with Gasteiger partial charge in [0, 0.05) is 37.1 Å². The smallest absolute Gasteiger partial charge is 0.352 e. The molecule has 2 amide bonds. The number of β-lactam (4-membered cyclic amide) rings is 1. The van der Waals surface area contributed by atoms with E-state index >= 15 is 0 Å². The van der Waals surface area contributed by atoms with E-state index in [-0.39, 0.29) is 37.3 Å². The zero-order valence-electron chi connectivity index (χ0n) is 17.2. The van der Waals surface area contributed by atoms with Gasteiger partial charge in [0.2, 0.25) is 5.91 Å². The van der Waals surface area contributed by atoms with E-state index in [1.54, 1.807) is 29.1 Å². The molecule has 1 saturated heterocycles. The summed E-state index contributed by atoms with van der Waals surface area (Å²) in [4.78, 5) is 60.5. The van der Waals surface area contributed by atoms with E-state index in [9.17, 15) is 29.1 Å². The van der Waals surface area contributed by atoms with Crippen LogP contribution in [-0.2, 0) is 28.7 Å². The van der Waals surface area contributed by atoms with Gasteiger partial charge in [-0.25, -0.2) is 4.79 Å². The standard InChI is InChI=1S/C20H23N3O8S/c1-11(24)31-9-12-10-32-19-15(18(28)23(19)16(12)20(29)30)21-17(27)13(5-4-6-14(25)26)22-7-2-3-8-22/h2-3,7-8,13,15,19H,4-6,9-10H2,1H3,(H,21,27)(H,25,26)(H,29,30). The highest BCUT2D eigenvalue weighted by Gasteiger charge is 2.54. The lowest BCUT2D eigenvalue weighted by atomic mass is 10.0. The van der Waals surface area contributed by atoms with Crippen LogP contribution in [-0.4, -0.2) is 73.2 Å². The summed E-state index contributed by atoms with van der Waals surface area (Å²) in [5, 5.41) is 20.6. The molecule has 0 aliphatic carbocycles. The Morgan fingerprint density at radius 3 is 2.53 bits per heavy atom. The zero-order chi connectivity index (χ0) is 23.4. The zero-order valence-corrected chi connectivity index (χ0v) is 18.0. The summed E-state index contributed by atoms with van der Waals surface area (Å²) in [7, 11) is 0. The van der Waals surface area contributed by atoms with Crippen LogP contribution in [0.2, 0.25) is 0 Å². The van der Waals surface area contributed by atoms with Crippen LogP contribution in [0.15, 0.2) is 35.8 Å². The Morgan fingerprint density at radius 2 is 1.94 bits per heavy atom. The number of aromatic nitrogens is 1. The molecule has 2 aliphatic heterocycles. The van der Waals surface area contributed by atoms with Crippen molar-refractivity contribution in [3.63, 3.8) is 0 Å². The Morgan fingerprint density at radius 1 is 1.25 bits per heavy atom. The number of nitrogens with zero attached hydrogens (tertiary/aromatic N) is 2. The van der Waals surface area contributed by atoms with Crippen molar-refractivity contribution in [3.05, 3.63) is 35.8 Å². The second-order valence-electron chi connectivity index (χ2n) is 7.37. The molecule has 32 heavy (non-hydrogen) atoms. The molecular weight excluding hydrogens is 442 g/mol. The number of amides is 2. The van der Waals surface area contributed by atoms with Crippen LogP contribution in [0.5, 0.6) is 0 Å². The van der Waals surface area contributed by atoms with Crippen molar-refractivity contribution in [2.24, 2.45) is 0 Å². The number of ether oxygens (including phenoxy) is 1. The Balaban J connectivity index is 1.71. The third kappa shape index (κ3) is 4.96. The van der Waals surface area contributed by atoms with Crippen molar-refractivity contribution in [2.75, 3.05) is 12.4 Å². The summed E-state index contributed by atoms with van der Waals surface area (Å²) in [5.74, 6) is -3.61. The molecule has 0 radical (unpaired) electrons. The van der Waals surface area contributed by atoms with Crippen molar-refractivity contribution < 1.29 is 38.9 Å². The molecule has 0 spiro atoms. The Hall–Kier alpha value is -3.28. The number of esters is 1. The minimum Gasteiger partial charge on any atom is -0.481 e. The van der Waals surface area contributed by atoms with Crippen molar-refractivity contribution in [1.82, 2.24) is 14.8 Å². The second-order valence-corrected chi connectivity index (χ2v) is 8.47. The summed E-state index contributed by atoms with van der Waals surface area (Å²) >= 11 is 1.27. The third-order valence-electron chi connectivity index (χ3n) is 5.16. The van der Waals surface area contributed by atoms with Gasteiger partial charge in [-0.05, 0) is 25.0 Å². The average molecular weight is 465 g/mol. The normalized spacial score (nSPS) is 20.8. The van der Waals surface area contributed by atoms with Crippen molar-refractivity contribution in [2.45, 2.75) is 43.6 Å². The van der Waals surface area contributed by atoms with Gasteiger partial charge in [-0.3, -0.25) is 24.1 Å². The van der Waals surface area contributed by atoms with Crippen LogP contribution in [0.25, 0.3) is 0 Å². The van der Waals surface area contributed by atoms with Crippen LogP contribution in [0.4, 0.5) is 0 Å². The van der Waals surface area contributed by atoms with Gasteiger partial charge >= 0.3 is 17.9 Å². The maximum Gasteiger partial charge on any atom is 0.352 e. The van der Waals surface area contributed by atoms with Crippen LogP contribution < -0.4 is 5.32 Å². The molecule has 12 heteroatoms. The lowest BCUT2D eigenvalue weighted by Gasteiger charge is -2.49. The number of hydrogen-bond donors (Lipinski definition) is 3. The number of nitrogens with one attached hydrogen (secondary N) is 1. The van der Waals surface area contributed by atoms with Gasteiger partial charge in [-0.1, -0.05) is 0 Å². The lowest BCUT2D eigenvalue weighted by molar-refractivity contribution is -0.151. The molecule has 1 fully saturated rings. The van der Waals surface area contributed by atoms with E-state index in [2.05, 4.69) is 5.32 Å². The molecule has 0 bridgehead atoms. The monoisotopic (exact) mass is 465 g/mol. The Bertz CT molecular complexity index is 958. The molecule has 172 valence electrons. The molecule has 0 saturated carbocycles. The third-order valence-corrected chi connectivity index (χ3v) is 6.50. The predicted molar refractivity (Wildman–Crippen MR) is 111 cm³/mol. The molecular formula is C20H23N3O8S. The number of thioether (sulfide) groups is 1. The fourth-order valence-corrected chi connectivity index (χ4v) is 4.98. The minimum atomic E-state index is -1.31. The molecule has 1 aromatic rings. The number of rotatable bonds is 10. The summed E-state index contributed by atoms with van der Waals surface area (Å²) in [6, 6.07) is 1.86. The van der Waals surface area contributed by atoms with E-state index in [4.69, 9.17) is 9.84 Å². The van der Waals surface area contributed by atoms with Crippen LogP contribution in [0.1, 0.15) is 32.2 Å². The van der Waals surface area contributed by atoms with E-state index in [1.807, 2.05) is 0 Å². The first-order valence-electron chi connectivity index (χ1n) is 9.88. The average Bonchev–Trinajstić information content (AvgIpc) is 3.26. The van der Waals surface area contributed by atoms with E-state index < -0.39 is 47.2 Å². The SMILES string of the molecule is CC(=O)OCC1=C(C(=O)O)N2C(=O)C(NC(=O)C(CCCC(=O)O)n3cccc3)C2SC1. The number of carboxylic acids is 2. The molecule has 11 nitrogen and oxygen atoms in total. The number of fused-ring (bicyclic) bond motifs is 1. The first kappa shape index (κ1) is 23.4. The van der Waals surface area contributed by atoms with Crippen molar-refractivity contribution >= 4 is 41.5 Å². The Kier molecular flexibility index (Phi) is 7.23. The van der Waals surface area contributed by atoms with E-state index in [0.717, 1.165) is 4.90 Å². The number of carboxylic acid groups (broad SMARTS) is 2. The maximum absolute atomic E-state index is 13.0. The molecule has 2 aliphatic rings. The molecule has 3 unspecified atom stereocenters. The molecule has 3 N–H and O–H groups in total. The maximum atomic E-state index is 13.0. The molecule has 3 heterocycles. The van der Waals surface area contributed by atoms with Gasteiger partial charge in [-0.2, -0.15) is 0 Å². The number of carbonyl (C=O) groups excluding carboxylic acids is 3. The Labute approximate surface area is 187 Å². The highest BCUT2D eigenvalue weighted by Crippen LogP contribution is 2.40. The van der Waals surface area contributed by atoms with Gasteiger partial charge in [0.25, 0.3) is 5.91 Å². The fourth-order valence-electron chi connectivity index (χ4n) is 3.65. The fraction of sp³-hybridized carbons (Fsp3) is 0.450. The molecule has 1 aromatic heterocycles. The summed E-state index contributed by atoms with van der Waals surface area (Å²) in [6.07, 6.45) is 3.82. The predicted octanol–water partition coefficient (Wildman–Crippen LogP) is 0.586. The quantitative estimate of drug-likeness (QED) is 0.332. The van der Waals surface area contributed by atoms with Gasteiger partial charge < -0.3 is 24.8 Å². The van der Waals surface area contributed by atoms with E-state index in [0.29, 0.717) is 5.57 Å². The largest absolute Gasteiger partial charge is 0.481 e. The summed E-state index contributed by atoms with van der Waals surface area (Å²) < 4.78 is 6.54. The summed E-state index contributed by atoms with van der Waals surface area (Å²) in [5.41, 5.74) is 0.0832. The van der Waals surface area contributed by atoms with Crippen LogP contribution >= 0.6 is 11.8 Å². The van der Waals surface area contributed by atoms with E-state index in [1.165, 1.54) is 18.7 Å². The number of hydrogen-bond acceptors (Lipinski definition) is 7. The van der Waals surface area contributed by atoms with Gasteiger partial charge in [-0.15, -0.1) is 11.8 Å². The van der Waals surface area contributed by atoms with Crippen molar-refractivity contribution in [3.8, 4) is 0 Å². The number of aliphatic carboxylic acids is 2. The first-order valence-corrected chi connectivity index (χ1v) is 10.9. The first-order chi connectivity index (χ1) is 15.2. The summed E-state index contributed by atoms with van der Waals surface area (Å²) in [6.45, 7) is 0.981. The van der Waals surface area contributed by atoms with Crippen LogP contribution in [0.3, 0.4) is 0 Å². The number of carbonyl (C=O) groups is 5. The topological polar surface area (TPSA) is 155 Å². The van der Waals surface area contributed by atoms with Crippen molar-refractivity contribution in [1.29, 1.82) is 0 Å². The highest BCUT2D eigenvalue weighted by atomic mass is 32.2.